The molecule has 6 heavy (non-hydrogen) atoms. The summed E-state index contributed by atoms with van der Waals surface area (Å²) in [5.74, 6) is 0. The summed E-state index contributed by atoms with van der Waals surface area (Å²) in [6.45, 7) is 1.51. The Morgan fingerprint density at radius 1 is 1.67 bits per heavy atom. The van der Waals surface area contributed by atoms with Gasteiger partial charge in [-0.3, -0.25) is 0 Å². The van der Waals surface area contributed by atoms with E-state index in [9.17, 15) is 0 Å². The highest BCUT2D eigenvalue weighted by molar-refractivity contribution is 6.13. The molecule has 2 nitrogen and oxygen atoms in total. The van der Waals surface area contributed by atoms with E-state index in [2.05, 4.69) is 4.84 Å². The summed E-state index contributed by atoms with van der Waals surface area (Å²) in [5, 5.41) is 0. The molecule has 0 aromatic rings. The van der Waals surface area contributed by atoms with Crippen molar-refractivity contribution in [2.75, 3.05) is 13.1 Å². The Morgan fingerprint density at radius 2 is 2.33 bits per heavy atom. The van der Waals surface area contributed by atoms with E-state index in [1.54, 1.807) is 0 Å². The Bertz CT molecular complexity index is 20.8. The molecule has 0 aliphatic rings. The van der Waals surface area contributed by atoms with Crippen molar-refractivity contribution in [2.45, 2.75) is 6.42 Å². The average Bonchev–Trinajstić information content (AvgIpc) is 1.61. The van der Waals surface area contributed by atoms with Crippen molar-refractivity contribution >= 4 is 11.8 Å². The SMILES string of the molecule is NCCCNCl. The first-order valence-corrected chi connectivity index (χ1v) is 2.33. The lowest BCUT2D eigenvalue weighted by Crippen LogP contribution is -2.08. The molecule has 0 heterocycles. The van der Waals surface area contributed by atoms with Crippen molar-refractivity contribution in [3.63, 3.8) is 0 Å². The normalized spacial score (nSPS) is 9.00. The van der Waals surface area contributed by atoms with Gasteiger partial charge in [-0.05, 0) is 24.7 Å². The van der Waals surface area contributed by atoms with Gasteiger partial charge in [0.2, 0.25) is 0 Å². The van der Waals surface area contributed by atoms with Crippen molar-refractivity contribution in [3.8, 4) is 0 Å². The van der Waals surface area contributed by atoms with Gasteiger partial charge < -0.3 is 5.73 Å². The summed E-state index contributed by atoms with van der Waals surface area (Å²) >= 11 is 5.07. The number of halogens is 1. The standard InChI is InChI=1S/C3H9ClN2/c4-6-3-1-2-5/h6H,1-3,5H2. The van der Waals surface area contributed by atoms with Crippen LogP contribution in [-0.2, 0) is 0 Å². The smallest absolute Gasteiger partial charge is 0.0120 e. The number of nitrogens with one attached hydrogen (secondary N) is 1. The molecule has 0 aliphatic carbocycles. The first-order chi connectivity index (χ1) is 2.91. The van der Waals surface area contributed by atoms with Gasteiger partial charge in [-0.1, -0.05) is 0 Å². The Hall–Kier alpha value is 0.210. The van der Waals surface area contributed by atoms with Gasteiger partial charge in [0.1, 0.15) is 0 Å². The summed E-state index contributed by atoms with van der Waals surface area (Å²) in [5.41, 5.74) is 5.12. The fourth-order valence-corrected chi connectivity index (χ4v) is 0.303. The first-order valence-electron chi connectivity index (χ1n) is 1.95. The van der Waals surface area contributed by atoms with Crippen LogP contribution in [0.1, 0.15) is 6.42 Å². The average molecular weight is 109 g/mol. The van der Waals surface area contributed by atoms with Crippen molar-refractivity contribution < 1.29 is 0 Å². The highest BCUT2D eigenvalue weighted by Crippen LogP contribution is 1.68. The van der Waals surface area contributed by atoms with Crippen molar-refractivity contribution in [3.05, 3.63) is 0 Å². The zero-order chi connectivity index (χ0) is 4.83. The second kappa shape index (κ2) is 5.21. The van der Waals surface area contributed by atoms with Crippen LogP contribution >= 0.6 is 11.8 Å². The van der Waals surface area contributed by atoms with Crippen LogP contribution in [0.25, 0.3) is 0 Å². The molecule has 0 radical (unpaired) electrons. The van der Waals surface area contributed by atoms with E-state index in [1.807, 2.05) is 0 Å². The van der Waals surface area contributed by atoms with Crippen molar-refractivity contribution in [1.82, 2.24) is 4.84 Å². The van der Waals surface area contributed by atoms with E-state index in [-0.39, 0.29) is 0 Å². The fraction of sp³-hybridized carbons (Fsp3) is 1.00. The van der Waals surface area contributed by atoms with Crippen molar-refractivity contribution in [2.24, 2.45) is 5.73 Å². The zero-order valence-electron chi connectivity index (χ0n) is 3.58. The van der Waals surface area contributed by atoms with Gasteiger partial charge >= 0.3 is 0 Å². The molecule has 0 atom stereocenters. The molecule has 0 saturated heterocycles. The molecule has 0 rings (SSSR count). The van der Waals surface area contributed by atoms with Gasteiger partial charge in [0, 0.05) is 6.54 Å². The van der Waals surface area contributed by atoms with Crippen LogP contribution in [0.3, 0.4) is 0 Å². The third kappa shape index (κ3) is 4.21. The topological polar surface area (TPSA) is 38.0 Å². The predicted molar refractivity (Wildman–Crippen MR) is 27.5 cm³/mol. The molecule has 0 amide bonds. The van der Waals surface area contributed by atoms with Crippen LogP contribution in [0.4, 0.5) is 0 Å². The Kier molecular flexibility index (Phi) is 5.39. The first kappa shape index (κ1) is 6.21. The molecule has 0 aromatic carbocycles. The predicted octanol–water partition coefficient (Wildman–Crippen LogP) is 0.0786. The Morgan fingerprint density at radius 3 is 2.50 bits per heavy atom. The summed E-state index contributed by atoms with van der Waals surface area (Å²) in [4.78, 5) is 2.46. The van der Waals surface area contributed by atoms with Crippen molar-refractivity contribution in [1.29, 1.82) is 0 Å². The highest BCUT2D eigenvalue weighted by Gasteiger charge is 1.74. The minimum absolute atomic E-state index is 0.708. The van der Waals surface area contributed by atoms with Crippen LogP contribution < -0.4 is 10.6 Å². The maximum atomic E-state index is 5.12. The number of hydrogen-bond donors (Lipinski definition) is 2. The van der Waals surface area contributed by atoms with Crippen LogP contribution in [0.2, 0.25) is 0 Å². The molecule has 0 aromatic heterocycles. The highest BCUT2D eigenvalue weighted by atomic mass is 35.5. The number of hydrogen-bond acceptors (Lipinski definition) is 2. The quantitative estimate of drug-likeness (QED) is 0.397. The third-order valence-corrected chi connectivity index (χ3v) is 0.664. The molecule has 0 bridgehead atoms. The van der Waals surface area contributed by atoms with Gasteiger partial charge in [0.05, 0.1) is 0 Å². The minimum atomic E-state index is 0.708. The molecule has 0 unspecified atom stereocenters. The van der Waals surface area contributed by atoms with E-state index >= 15 is 0 Å². The van der Waals surface area contributed by atoms with E-state index in [0.29, 0.717) is 6.54 Å². The largest absolute Gasteiger partial charge is 0.330 e. The van der Waals surface area contributed by atoms with Gasteiger partial charge in [0.25, 0.3) is 0 Å². The monoisotopic (exact) mass is 108 g/mol. The molecule has 0 spiro atoms. The maximum Gasteiger partial charge on any atom is 0.0120 e. The fourth-order valence-electron chi connectivity index (χ4n) is 0.169. The minimum Gasteiger partial charge on any atom is -0.330 e. The number of nitrogens with two attached hydrogens (primary N) is 1. The molecule has 0 fully saturated rings. The van der Waals surface area contributed by atoms with Gasteiger partial charge in [-0.15, -0.1) is 0 Å². The molecule has 3 N–H and O–H groups in total. The number of rotatable bonds is 3. The Labute approximate surface area is 42.8 Å². The van der Waals surface area contributed by atoms with Gasteiger partial charge in [-0.2, -0.15) is 0 Å². The zero-order valence-corrected chi connectivity index (χ0v) is 4.33. The van der Waals surface area contributed by atoms with Crippen LogP contribution in [0.15, 0.2) is 0 Å². The van der Waals surface area contributed by atoms with Gasteiger partial charge in [0.15, 0.2) is 0 Å². The van der Waals surface area contributed by atoms with E-state index in [1.165, 1.54) is 0 Å². The summed E-state index contributed by atoms with van der Waals surface area (Å²) in [6.07, 6.45) is 0.948. The molecule has 0 aliphatic heterocycles. The lowest BCUT2D eigenvalue weighted by atomic mass is 10.4. The van der Waals surface area contributed by atoms with E-state index in [4.69, 9.17) is 17.5 Å². The lowest BCUT2D eigenvalue weighted by molar-refractivity contribution is 0.803. The summed E-state index contributed by atoms with van der Waals surface area (Å²) < 4.78 is 0. The summed E-state index contributed by atoms with van der Waals surface area (Å²) in [6, 6.07) is 0. The third-order valence-electron chi connectivity index (χ3n) is 0.475. The molecule has 38 valence electrons. The van der Waals surface area contributed by atoms with E-state index < -0.39 is 0 Å². The second-order valence-electron chi connectivity index (χ2n) is 1.03. The molecule has 0 saturated carbocycles. The van der Waals surface area contributed by atoms with Crippen LogP contribution in [-0.4, -0.2) is 13.1 Å². The molecule has 3 heteroatoms. The molecular formula is C3H9ClN2. The maximum absolute atomic E-state index is 5.12. The second-order valence-corrected chi connectivity index (χ2v) is 1.29. The van der Waals surface area contributed by atoms with Gasteiger partial charge in [-0.25, -0.2) is 4.84 Å². The molecular weight excluding hydrogens is 99.5 g/mol. The van der Waals surface area contributed by atoms with Crippen LogP contribution in [0, 0.1) is 0 Å². The summed E-state index contributed by atoms with van der Waals surface area (Å²) in [7, 11) is 0. The Balaban J connectivity index is 2.34. The van der Waals surface area contributed by atoms with E-state index in [0.717, 1.165) is 13.0 Å². The van der Waals surface area contributed by atoms with Crippen LogP contribution in [0.5, 0.6) is 0 Å². The lowest BCUT2D eigenvalue weighted by Gasteiger charge is -1.87.